The van der Waals surface area contributed by atoms with Gasteiger partial charge in [-0.05, 0) is 12.1 Å². The van der Waals surface area contributed by atoms with Gasteiger partial charge in [-0.3, -0.25) is 4.98 Å². The molecular formula is C16H17NO3. The Hall–Kier alpha value is -1.75. The quantitative estimate of drug-likeness (QED) is 0.857. The molecule has 0 aliphatic carbocycles. The van der Waals surface area contributed by atoms with Crippen LogP contribution < -0.4 is 0 Å². The minimum Gasteiger partial charge on any atom is -0.367 e. The van der Waals surface area contributed by atoms with E-state index in [4.69, 9.17) is 14.2 Å². The van der Waals surface area contributed by atoms with Crippen LogP contribution >= 0.6 is 0 Å². The normalized spacial score (nSPS) is 22.6. The Morgan fingerprint density at radius 2 is 1.75 bits per heavy atom. The molecule has 1 aromatic carbocycles. The fraction of sp³-hybridized carbons (Fsp3) is 0.312. The van der Waals surface area contributed by atoms with E-state index in [1.54, 1.807) is 6.20 Å². The highest BCUT2D eigenvalue weighted by Crippen LogP contribution is 2.23. The highest BCUT2D eigenvalue weighted by atomic mass is 16.7. The van der Waals surface area contributed by atoms with Crippen molar-refractivity contribution in [2.45, 2.75) is 19.0 Å². The zero-order valence-electron chi connectivity index (χ0n) is 11.1. The van der Waals surface area contributed by atoms with E-state index in [9.17, 15) is 0 Å². The third kappa shape index (κ3) is 3.42. The first-order chi connectivity index (χ1) is 9.92. The molecule has 0 N–H and O–H groups in total. The molecule has 4 heteroatoms. The van der Waals surface area contributed by atoms with Gasteiger partial charge in [0.15, 0.2) is 6.29 Å². The van der Waals surface area contributed by atoms with Crippen molar-refractivity contribution < 1.29 is 14.2 Å². The van der Waals surface area contributed by atoms with Crippen LogP contribution in [-0.2, 0) is 20.8 Å². The summed E-state index contributed by atoms with van der Waals surface area (Å²) in [5.74, 6) is 0. The van der Waals surface area contributed by atoms with Crippen LogP contribution in [0.4, 0.5) is 0 Å². The minimum atomic E-state index is -0.286. The summed E-state index contributed by atoms with van der Waals surface area (Å²) in [6.45, 7) is 1.55. The highest BCUT2D eigenvalue weighted by Gasteiger charge is 2.23. The molecule has 20 heavy (non-hydrogen) atoms. The van der Waals surface area contributed by atoms with E-state index in [2.05, 4.69) is 4.98 Å². The topological polar surface area (TPSA) is 40.6 Å². The van der Waals surface area contributed by atoms with Crippen LogP contribution in [0.2, 0.25) is 0 Å². The maximum absolute atomic E-state index is 5.74. The van der Waals surface area contributed by atoms with Gasteiger partial charge in [-0.25, -0.2) is 0 Å². The van der Waals surface area contributed by atoms with Crippen molar-refractivity contribution >= 4 is 0 Å². The zero-order valence-corrected chi connectivity index (χ0v) is 11.1. The summed E-state index contributed by atoms with van der Waals surface area (Å²) in [4.78, 5) is 4.22. The van der Waals surface area contributed by atoms with Gasteiger partial charge < -0.3 is 14.2 Å². The average molecular weight is 271 g/mol. The lowest BCUT2D eigenvalue weighted by atomic mass is 10.2. The van der Waals surface area contributed by atoms with Crippen molar-refractivity contribution in [3.05, 3.63) is 66.0 Å². The van der Waals surface area contributed by atoms with Crippen LogP contribution in [0.5, 0.6) is 0 Å². The summed E-state index contributed by atoms with van der Waals surface area (Å²) < 4.78 is 17.1. The van der Waals surface area contributed by atoms with Crippen molar-refractivity contribution in [1.29, 1.82) is 0 Å². The second-order valence-electron chi connectivity index (χ2n) is 4.66. The van der Waals surface area contributed by atoms with Crippen LogP contribution in [0, 0.1) is 0 Å². The van der Waals surface area contributed by atoms with Crippen LogP contribution in [0.1, 0.15) is 17.5 Å². The van der Waals surface area contributed by atoms with Crippen molar-refractivity contribution in [3.63, 3.8) is 0 Å². The van der Waals surface area contributed by atoms with Crippen LogP contribution in [0.25, 0.3) is 0 Å². The van der Waals surface area contributed by atoms with Gasteiger partial charge in [0.2, 0.25) is 0 Å². The van der Waals surface area contributed by atoms with Gasteiger partial charge in [0, 0.05) is 11.8 Å². The van der Waals surface area contributed by atoms with Gasteiger partial charge in [-0.2, -0.15) is 0 Å². The van der Waals surface area contributed by atoms with E-state index in [1.165, 1.54) is 0 Å². The Balaban J connectivity index is 1.47. The van der Waals surface area contributed by atoms with Gasteiger partial charge in [0.1, 0.15) is 6.10 Å². The molecule has 0 spiro atoms. The molecule has 0 amide bonds. The first-order valence-corrected chi connectivity index (χ1v) is 6.71. The first kappa shape index (κ1) is 13.2. The summed E-state index contributed by atoms with van der Waals surface area (Å²) >= 11 is 0. The van der Waals surface area contributed by atoms with Gasteiger partial charge in [0.25, 0.3) is 0 Å². The number of pyridine rings is 1. The summed E-state index contributed by atoms with van der Waals surface area (Å²) in [7, 11) is 0. The summed E-state index contributed by atoms with van der Waals surface area (Å²) in [5.41, 5.74) is 1.95. The third-order valence-electron chi connectivity index (χ3n) is 3.13. The van der Waals surface area contributed by atoms with Crippen LogP contribution in [0.3, 0.4) is 0 Å². The third-order valence-corrected chi connectivity index (χ3v) is 3.13. The van der Waals surface area contributed by atoms with Crippen LogP contribution in [-0.4, -0.2) is 24.3 Å². The lowest BCUT2D eigenvalue weighted by molar-refractivity contribution is -0.232. The first-order valence-electron chi connectivity index (χ1n) is 6.71. The molecule has 1 aliphatic rings. The number of benzene rings is 1. The summed E-state index contributed by atoms with van der Waals surface area (Å²) in [6, 6.07) is 15.7. The molecule has 1 aliphatic heterocycles. The molecule has 0 unspecified atom stereocenters. The molecule has 104 valence electrons. The van der Waals surface area contributed by atoms with E-state index in [1.807, 2.05) is 48.5 Å². The molecule has 4 nitrogen and oxygen atoms in total. The van der Waals surface area contributed by atoms with Gasteiger partial charge >= 0.3 is 0 Å². The minimum absolute atomic E-state index is 0.0445. The monoisotopic (exact) mass is 271 g/mol. The molecule has 0 radical (unpaired) electrons. The fourth-order valence-corrected chi connectivity index (χ4v) is 2.07. The second kappa shape index (κ2) is 6.61. The zero-order chi connectivity index (χ0) is 13.6. The Bertz CT molecular complexity index is 510. The number of nitrogens with zero attached hydrogens (tertiary/aromatic N) is 1. The summed E-state index contributed by atoms with van der Waals surface area (Å²) in [6.07, 6.45) is 1.43. The molecule has 1 fully saturated rings. The molecule has 0 atom stereocenters. The van der Waals surface area contributed by atoms with E-state index in [-0.39, 0.29) is 12.4 Å². The predicted octanol–water partition coefficient (Wildman–Crippen LogP) is 2.71. The highest BCUT2D eigenvalue weighted by molar-refractivity contribution is 5.16. The van der Waals surface area contributed by atoms with Crippen LogP contribution in [0.15, 0.2) is 54.7 Å². The van der Waals surface area contributed by atoms with Gasteiger partial charge in [-0.1, -0.05) is 36.4 Å². The van der Waals surface area contributed by atoms with E-state index >= 15 is 0 Å². The largest absolute Gasteiger partial charge is 0.367 e. The standard InChI is InChI=1S/C16H17NO3/c1-2-6-13(7-3-1)16-19-11-15(12-20-16)18-10-14-8-4-5-9-17-14/h1-9,15-16H,10-12H2/t15-,16+. The van der Waals surface area contributed by atoms with Crippen molar-refractivity contribution in [3.8, 4) is 0 Å². The predicted molar refractivity (Wildman–Crippen MR) is 73.9 cm³/mol. The Labute approximate surface area is 118 Å². The SMILES string of the molecule is c1ccc([C@H]2OC[C@@H](OCc3ccccn3)CO2)cc1. The summed E-state index contributed by atoms with van der Waals surface area (Å²) in [5, 5.41) is 0. The Kier molecular flexibility index (Phi) is 4.38. The van der Waals surface area contributed by atoms with Crippen molar-refractivity contribution in [2.24, 2.45) is 0 Å². The molecule has 3 rings (SSSR count). The number of hydrogen-bond acceptors (Lipinski definition) is 4. The lowest BCUT2D eigenvalue weighted by Gasteiger charge is -2.29. The van der Waals surface area contributed by atoms with Gasteiger partial charge in [0.05, 0.1) is 25.5 Å². The number of hydrogen-bond donors (Lipinski definition) is 0. The molecule has 0 saturated carbocycles. The molecule has 2 aromatic rings. The number of ether oxygens (including phenoxy) is 3. The molecule has 0 bridgehead atoms. The molecule has 1 aromatic heterocycles. The molecule has 1 saturated heterocycles. The van der Waals surface area contributed by atoms with Crippen molar-refractivity contribution in [1.82, 2.24) is 4.98 Å². The Morgan fingerprint density at radius 1 is 1.00 bits per heavy atom. The average Bonchev–Trinajstić information content (AvgIpc) is 2.55. The van der Waals surface area contributed by atoms with E-state index in [0.29, 0.717) is 19.8 Å². The second-order valence-corrected chi connectivity index (χ2v) is 4.66. The molecular weight excluding hydrogens is 254 g/mol. The fourth-order valence-electron chi connectivity index (χ4n) is 2.07. The maximum Gasteiger partial charge on any atom is 0.184 e. The lowest BCUT2D eigenvalue weighted by Crippen LogP contribution is -2.33. The Morgan fingerprint density at radius 3 is 2.45 bits per heavy atom. The molecule has 2 heterocycles. The van der Waals surface area contributed by atoms with Crippen molar-refractivity contribution in [2.75, 3.05) is 13.2 Å². The van der Waals surface area contributed by atoms with Gasteiger partial charge in [-0.15, -0.1) is 0 Å². The van der Waals surface area contributed by atoms with E-state index in [0.717, 1.165) is 11.3 Å². The smallest absolute Gasteiger partial charge is 0.184 e. The number of rotatable bonds is 4. The van der Waals surface area contributed by atoms with E-state index < -0.39 is 0 Å². The maximum atomic E-state index is 5.74. The number of aromatic nitrogens is 1.